The summed E-state index contributed by atoms with van der Waals surface area (Å²) in [5.41, 5.74) is 3.52. The van der Waals surface area contributed by atoms with E-state index in [0.717, 1.165) is 22.1 Å². The van der Waals surface area contributed by atoms with Crippen molar-refractivity contribution in [2.45, 2.75) is 75.2 Å². The van der Waals surface area contributed by atoms with Gasteiger partial charge in [-0.3, -0.25) is 4.57 Å². The van der Waals surface area contributed by atoms with E-state index in [0.29, 0.717) is 21.8 Å². The zero-order chi connectivity index (χ0) is 22.0. The molecule has 31 heavy (non-hydrogen) atoms. The summed E-state index contributed by atoms with van der Waals surface area (Å²) >= 11 is 14.5. The molecule has 0 atom stereocenters. The maximum atomic E-state index is 6.40. The van der Waals surface area contributed by atoms with Crippen molar-refractivity contribution in [2.24, 2.45) is 0 Å². The minimum Gasteiger partial charge on any atom is -0.299 e. The van der Waals surface area contributed by atoms with Crippen LogP contribution in [0.1, 0.15) is 70.0 Å². The van der Waals surface area contributed by atoms with Crippen molar-refractivity contribution in [3.05, 3.63) is 63.6 Å². The molecule has 0 amide bonds. The maximum Gasteiger partial charge on any atom is 0.192 e. The Morgan fingerprint density at radius 1 is 0.935 bits per heavy atom. The summed E-state index contributed by atoms with van der Waals surface area (Å²) < 4.78 is 2.36. The number of hydrogen-bond acceptors (Lipinski definition) is 3. The van der Waals surface area contributed by atoms with Gasteiger partial charge in [-0.25, -0.2) is 0 Å². The van der Waals surface area contributed by atoms with Crippen LogP contribution in [-0.2, 0) is 11.2 Å². The normalized spacial score (nSPS) is 15.4. The molecule has 0 aliphatic heterocycles. The summed E-state index contributed by atoms with van der Waals surface area (Å²) in [5, 5.41) is 11.6. The summed E-state index contributed by atoms with van der Waals surface area (Å²) in [7, 11) is 0. The van der Waals surface area contributed by atoms with Gasteiger partial charge in [-0.15, -0.1) is 10.2 Å². The molecule has 1 aromatic heterocycles. The largest absolute Gasteiger partial charge is 0.299 e. The number of benzene rings is 2. The van der Waals surface area contributed by atoms with Crippen molar-refractivity contribution in [1.82, 2.24) is 14.8 Å². The van der Waals surface area contributed by atoms with Crippen LogP contribution in [0.5, 0.6) is 0 Å². The minimum absolute atomic E-state index is 0.130. The molecule has 1 aliphatic rings. The highest BCUT2D eigenvalue weighted by Crippen LogP contribution is 2.38. The Morgan fingerprint density at radius 3 is 2.19 bits per heavy atom. The molecule has 6 heteroatoms. The van der Waals surface area contributed by atoms with Gasteiger partial charge < -0.3 is 0 Å². The highest BCUT2D eigenvalue weighted by molar-refractivity contribution is 7.98. The Balaban J connectivity index is 1.67. The van der Waals surface area contributed by atoms with E-state index < -0.39 is 0 Å². The van der Waals surface area contributed by atoms with E-state index in [1.807, 2.05) is 18.2 Å². The van der Waals surface area contributed by atoms with Crippen molar-refractivity contribution in [3.8, 4) is 11.4 Å². The average Bonchev–Trinajstić information content (AvgIpc) is 3.17. The first-order chi connectivity index (χ1) is 14.8. The molecule has 1 fully saturated rings. The summed E-state index contributed by atoms with van der Waals surface area (Å²) in [6.45, 7) is 6.71. The van der Waals surface area contributed by atoms with Crippen LogP contribution in [0.3, 0.4) is 0 Å². The van der Waals surface area contributed by atoms with E-state index in [-0.39, 0.29) is 5.41 Å². The third-order valence-electron chi connectivity index (χ3n) is 6.02. The van der Waals surface area contributed by atoms with E-state index in [1.54, 1.807) is 11.8 Å². The highest BCUT2D eigenvalue weighted by atomic mass is 35.5. The average molecular weight is 475 g/mol. The van der Waals surface area contributed by atoms with Crippen LogP contribution in [0.25, 0.3) is 11.4 Å². The topological polar surface area (TPSA) is 30.7 Å². The standard InChI is InChI=1S/C25H29Cl2N3S/c1-25(2,3)18-14-12-17(13-15-18)23-28-29-24(30(23)19-8-5-4-6-9-19)31-16-20-21(26)10-7-11-22(20)27/h7,10-15,19H,4-6,8-9,16H2,1-3H3. The summed E-state index contributed by atoms with van der Waals surface area (Å²) in [6.07, 6.45) is 6.17. The van der Waals surface area contributed by atoms with Crippen LogP contribution in [-0.4, -0.2) is 14.8 Å². The van der Waals surface area contributed by atoms with Crippen molar-refractivity contribution in [3.63, 3.8) is 0 Å². The lowest BCUT2D eigenvalue weighted by Crippen LogP contribution is -2.15. The van der Waals surface area contributed by atoms with Gasteiger partial charge in [0, 0.05) is 27.4 Å². The number of rotatable bonds is 5. The molecule has 1 heterocycles. The number of thioether (sulfide) groups is 1. The molecule has 4 rings (SSSR count). The van der Waals surface area contributed by atoms with E-state index in [1.165, 1.54) is 37.7 Å². The first kappa shape index (κ1) is 22.7. The summed E-state index contributed by atoms with van der Waals surface area (Å²) in [5.74, 6) is 1.63. The molecule has 0 saturated heterocycles. The molecule has 0 unspecified atom stereocenters. The number of aromatic nitrogens is 3. The van der Waals surface area contributed by atoms with Crippen LogP contribution in [0.2, 0.25) is 10.0 Å². The monoisotopic (exact) mass is 473 g/mol. The van der Waals surface area contributed by atoms with Gasteiger partial charge in [-0.2, -0.15) is 0 Å². The van der Waals surface area contributed by atoms with Crippen molar-refractivity contribution < 1.29 is 0 Å². The molecule has 2 aromatic carbocycles. The van der Waals surface area contributed by atoms with Crippen molar-refractivity contribution >= 4 is 35.0 Å². The fraction of sp³-hybridized carbons (Fsp3) is 0.440. The van der Waals surface area contributed by atoms with Gasteiger partial charge in [-0.1, -0.05) is 105 Å². The second-order valence-electron chi connectivity index (χ2n) is 9.28. The van der Waals surface area contributed by atoms with Gasteiger partial charge in [0.05, 0.1) is 0 Å². The fourth-order valence-electron chi connectivity index (χ4n) is 4.17. The molecule has 0 bridgehead atoms. The van der Waals surface area contributed by atoms with Gasteiger partial charge in [0.25, 0.3) is 0 Å². The van der Waals surface area contributed by atoms with Crippen LogP contribution in [0, 0.1) is 0 Å². The second kappa shape index (κ2) is 9.56. The third kappa shape index (κ3) is 5.13. The molecule has 0 N–H and O–H groups in total. The molecule has 164 valence electrons. The van der Waals surface area contributed by atoms with Gasteiger partial charge >= 0.3 is 0 Å². The molecule has 3 nitrogen and oxygen atoms in total. The Labute approximate surface area is 199 Å². The first-order valence-corrected chi connectivity index (χ1v) is 12.7. The lowest BCUT2D eigenvalue weighted by molar-refractivity contribution is 0.339. The smallest absolute Gasteiger partial charge is 0.192 e. The molecule has 0 radical (unpaired) electrons. The van der Waals surface area contributed by atoms with Crippen molar-refractivity contribution in [1.29, 1.82) is 0 Å². The zero-order valence-corrected chi connectivity index (χ0v) is 20.7. The Bertz CT molecular complexity index is 1010. The van der Waals surface area contributed by atoms with Gasteiger partial charge in [-0.05, 0) is 41.5 Å². The Kier molecular flexibility index (Phi) is 7.00. The number of hydrogen-bond donors (Lipinski definition) is 0. The Morgan fingerprint density at radius 2 is 1.58 bits per heavy atom. The Hall–Kier alpha value is -1.49. The fourth-order valence-corrected chi connectivity index (χ4v) is 5.91. The van der Waals surface area contributed by atoms with E-state index in [9.17, 15) is 0 Å². The quantitative estimate of drug-likeness (QED) is 0.348. The van der Waals surface area contributed by atoms with Gasteiger partial charge in [0.2, 0.25) is 0 Å². The lowest BCUT2D eigenvalue weighted by atomic mass is 9.86. The van der Waals surface area contributed by atoms with Crippen molar-refractivity contribution in [2.75, 3.05) is 0 Å². The van der Waals surface area contributed by atoms with Gasteiger partial charge in [0.15, 0.2) is 11.0 Å². The van der Waals surface area contributed by atoms with Crippen LogP contribution < -0.4 is 0 Å². The van der Waals surface area contributed by atoms with Crippen LogP contribution >= 0.6 is 35.0 Å². The summed E-state index contributed by atoms with van der Waals surface area (Å²) in [4.78, 5) is 0. The highest BCUT2D eigenvalue weighted by Gasteiger charge is 2.24. The predicted molar refractivity (Wildman–Crippen MR) is 132 cm³/mol. The molecule has 3 aromatic rings. The molecular formula is C25H29Cl2N3S. The lowest BCUT2D eigenvalue weighted by Gasteiger charge is -2.26. The molecule has 0 spiro atoms. The molecule has 1 saturated carbocycles. The SMILES string of the molecule is CC(C)(C)c1ccc(-c2nnc(SCc3c(Cl)cccc3Cl)n2C2CCCCC2)cc1. The van der Waals surface area contributed by atoms with E-state index in [2.05, 4.69) is 59.8 Å². The number of halogens is 2. The minimum atomic E-state index is 0.130. The van der Waals surface area contributed by atoms with Crippen LogP contribution in [0.15, 0.2) is 47.6 Å². The zero-order valence-electron chi connectivity index (χ0n) is 18.4. The van der Waals surface area contributed by atoms with Gasteiger partial charge in [0.1, 0.15) is 0 Å². The second-order valence-corrected chi connectivity index (χ2v) is 11.0. The first-order valence-electron chi connectivity index (χ1n) is 11.0. The molecular weight excluding hydrogens is 445 g/mol. The molecule has 1 aliphatic carbocycles. The predicted octanol–water partition coefficient (Wildman–Crippen LogP) is 8.35. The van der Waals surface area contributed by atoms with Crippen LogP contribution in [0.4, 0.5) is 0 Å². The van der Waals surface area contributed by atoms with E-state index >= 15 is 0 Å². The number of nitrogens with zero attached hydrogens (tertiary/aromatic N) is 3. The maximum absolute atomic E-state index is 6.40. The third-order valence-corrected chi connectivity index (χ3v) is 7.70. The summed E-state index contributed by atoms with van der Waals surface area (Å²) in [6, 6.07) is 14.9. The van der Waals surface area contributed by atoms with E-state index in [4.69, 9.17) is 23.2 Å².